The Morgan fingerprint density at radius 2 is 2.26 bits per heavy atom. The Labute approximate surface area is 115 Å². The topological polar surface area (TPSA) is 68.1 Å². The van der Waals surface area contributed by atoms with Gasteiger partial charge >= 0.3 is 5.97 Å². The standard InChI is InChI=1S/C13H14N2O3S/c1-18-12(16)6-7-19-8-11-14-10-5-3-2-4-9(10)13(17)15-11/h2-5,9H,6-8H2,1H3. The molecule has 0 bridgehead atoms. The maximum absolute atomic E-state index is 11.8. The lowest BCUT2D eigenvalue weighted by Gasteiger charge is -2.17. The zero-order chi connectivity index (χ0) is 13.7. The predicted octanol–water partition coefficient (Wildman–Crippen LogP) is 1.40. The van der Waals surface area contributed by atoms with Gasteiger partial charge in [-0.25, -0.2) is 4.99 Å². The highest BCUT2D eigenvalue weighted by Crippen LogP contribution is 2.17. The van der Waals surface area contributed by atoms with E-state index < -0.39 is 0 Å². The molecule has 1 unspecified atom stereocenters. The monoisotopic (exact) mass is 278 g/mol. The number of methoxy groups -OCH3 is 1. The number of carbonyl (C=O) groups is 2. The third-order valence-electron chi connectivity index (χ3n) is 2.67. The number of nitrogens with zero attached hydrogens (tertiary/aromatic N) is 2. The Balaban J connectivity index is 1.87. The molecule has 0 fully saturated rings. The van der Waals surface area contributed by atoms with Gasteiger partial charge in [0.1, 0.15) is 11.8 Å². The third kappa shape index (κ3) is 3.64. The summed E-state index contributed by atoms with van der Waals surface area (Å²) in [7, 11) is 1.37. The number of allylic oxidation sites excluding steroid dienone is 3. The molecule has 100 valence electrons. The molecule has 0 radical (unpaired) electrons. The average molecular weight is 278 g/mol. The minimum Gasteiger partial charge on any atom is -0.469 e. The zero-order valence-electron chi connectivity index (χ0n) is 10.5. The summed E-state index contributed by atoms with van der Waals surface area (Å²) in [5.41, 5.74) is 0.742. The van der Waals surface area contributed by atoms with E-state index in [0.717, 1.165) is 5.71 Å². The van der Waals surface area contributed by atoms with Crippen LogP contribution in [0.5, 0.6) is 0 Å². The second-order valence-corrected chi connectivity index (χ2v) is 5.11. The molecule has 19 heavy (non-hydrogen) atoms. The third-order valence-corrected chi connectivity index (χ3v) is 3.63. The van der Waals surface area contributed by atoms with Crippen molar-refractivity contribution >= 4 is 35.2 Å². The van der Waals surface area contributed by atoms with Crippen molar-refractivity contribution in [3.63, 3.8) is 0 Å². The van der Waals surface area contributed by atoms with Crippen LogP contribution in [0, 0.1) is 5.92 Å². The van der Waals surface area contributed by atoms with Crippen LogP contribution in [0.3, 0.4) is 0 Å². The average Bonchev–Trinajstić information content (AvgIpc) is 2.43. The van der Waals surface area contributed by atoms with Crippen molar-refractivity contribution in [2.45, 2.75) is 6.42 Å². The molecule has 0 spiro atoms. The lowest BCUT2D eigenvalue weighted by Crippen LogP contribution is -2.27. The SMILES string of the molecule is COC(=O)CCSCC1=NC(=O)C2C=CC=CC2=N1. The number of esters is 1. The summed E-state index contributed by atoms with van der Waals surface area (Å²) in [4.78, 5) is 31.1. The van der Waals surface area contributed by atoms with Gasteiger partial charge in [-0.1, -0.05) is 18.2 Å². The molecule has 0 saturated carbocycles. The molecule has 2 rings (SSSR count). The highest BCUT2D eigenvalue weighted by Gasteiger charge is 2.25. The van der Waals surface area contributed by atoms with E-state index in [1.54, 1.807) is 6.08 Å². The first-order valence-electron chi connectivity index (χ1n) is 5.90. The summed E-state index contributed by atoms with van der Waals surface area (Å²) >= 11 is 1.51. The Kier molecular flexibility index (Phi) is 4.68. The number of rotatable bonds is 5. The Morgan fingerprint density at radius 1 is 1.42 bits per heavy atom. The van der Waals surface area contributed by atoms with Crippen molar-refractivity contribution in [2.24, 2.45) is 15.9 Å². The van der Waals surface area contributed by atoms with Crippen LogP contribution in [0.2, 0.25) is 0 Å². The fourth-order valence-electron chi connectivity index (χ4n) is 1.70. The summed E-state index contributed by atoms with van der Waals surface area (Å²) in [5.74, 6) is 0.940. The number of amides is 1. The van der Waals surface area contributed by atoms with Gasteiger partial charge in [0.25, 0.3) is 5.91 Å². The lowest BCUT2D eigenvalue weighted by molar-refractivity contribution is -0.140. The molecule has 0 aromatic rings. The van der Waals surface area contributed by atoms with Crippen molar-refractivity contribution < 1.29 is 14.3 Å². The van der Waals surface area contributed by atoms with Gasteiger partial charge in [0.05, 0.1) is 25.0 Å². The number of fused-ring (bicyclic) bond motifs is 1. The smallest absolute Gasteiger partial charge is 0.306 e. The quantitative estimate of drug-likeness (QED) is 0.563. The van der Waals surface area contributed by atoms with Crippen LogP contribution in [0.1, 0.15) is 6.42 Å². The Hall–Kier alpha value is -1.69. The van der Waals surface area contributed by atoms with Gasteiger partial charge < -0.3 is 4.74 Å². The normalized spacial score (nSPS) is 20.7. The van der Waals surface area contributed by atoms with E-state index in [1.165, 1.54) is 18.9 Å². The summed E-state index contributed by atoms with van der Waals surface area (Å²) in [5, 5.41) is 0. The van der Waals surface area contributed by atoms with Crippen LogP contribution in [0.25, 0.3) is 0 Å². The molecular formula is C13H14N2O3S. The number of thioether (sulfide) groups is 1. The molecular weight excluding hydrogens is 264 g/mol. The van der Waals surface area contributed by atoms with E-state index >= 15 is 0 Å². The maximum Gasteiger partial charge on any atom is 0.306 e. The molecule has 0 saturated heterocycles. The number of aliphatic imine (C=N–C) groups is 2. The van der Waals surface area contributed by atoms with Crippen LogP contribution >= 0.6 is 11.8 Å². The largest absolute Gasteiger partial charge is 0.469 e. The first kappa shape index (κ1) is 13.7. The summed E-state index contributed by atoms with van der Waals surface area (Å²) in [6, 6.07) is 0. The molecule has 1 aliphatic carbocycles. The number of carbonyl (C=O) groups excluding carboxylic acids is 2. The number of ether oxygens (including phenoxy) is 1. The van der Waals surface area contributed by atoms with Gasteiger partial charge in [0.2, 0.25) is 0 Å². The van der Waals surface area contributed by atoms with Gasteiger partial charge in [0.15, 0.2) is 0 Å². The van der Waals surface area contributed by atoms with E-state index in [0.29, 0.717) is 23.8 Å². The van der Waals surface area contributed by atoms with Gasteiger partial charge in [-0.3, -0.25) is 9.59 Å². The van der Waals surface area contributed by atoms with E-state index in [4.69, 9.17) is 0 Å². The molecule has 0 aromatic carbocycles. The van der Waals surface area contributed by atoms with Crippen molar-refractivity contribution in [3.05, 3.63) is 24.3 Å². The van der Waals surface area contributed by atoms with Crippen molar-refractivity contribution in [3.8, 4) is 0 Å². The Bertz CT molecular complexity index is 506. The maximum atomic E-state index is 11.8. The molecule has 0 N–H and O–H groups in total. The van der Waals surface area contributed by atoms with Crippen LogP contribution in [0.15, 0.2) is 34.3 Å². The number of hydrogen-bond acceptors (Lipinski definition) is 5. The van der Waals surface area contributed by atoms with Crippen LogP contribution in [0.4, 0.5) is 0 Å². The molecule has 6 heteroatoms. The van der Waals surface area contributed by atoms with Gasteiger partial charge in [0, 0.05) is 5.75 Å². The van der Waals surface area contributed by atoms with Gasteiger partial charge in [-0.15, -0.1) is 0 Å². The Morgan fingerprint density at radius 3 is 3.05 bits per heavy atom. The molecule has 5 nitrogen and oxygen atoms in total. The summed E-state index contributed by atoms with van der Waals surface area (Å²) in [6.07, 6.45) is 7.66. The van der Waals surface area contributed by atoms with Crippen molar-refractivity contribution in [2.75, 3.05) is 18.6 Å². The van der Waals surface area contributed by atoms with E-state index in [2.05, 4.69) is 14.7 Å². The number of amidine groups is 1. The summed E-state index contributed by atoms with van der Waals surface area (Å²) < 4.78 is 4.55. The van der Waals surface area contributed by atoms with Crippen LogP contribution in [-0.2, 0) is 14.3 Å². The fraction of sp³-hybridized carbons (Fsp3) is 0.385. The minimum atomic E-state index is -0.325. The molecule has 0 aromatic heterocycles. The second kappa shape index (κ2) is 6.47. The predicted molar refractivity (Wildman–Crippen MR) is 75.6 cm³/mol. The molecule has 1 aliphatic heterocycles. The highest BCUT2D eigenvalue weighted by molar-refractivity contribution is 7.99. The van der Waals surface area contributed by atoms with Crippen molar-refractivity contribution in [1.29, 1.82) is 0 Å². The number of hydrogen-bond donors (Lipinski definition) is 0. The summed E-state index contributed by atoms with van der Waals surface area (Å²) in [6.45, 7) is 0. The van der Waals surface area contributed by atoms with E-state index in [1.807, 2.05) is 18.2 Å². The lowest BCUT2D eigenvalue weighted by atomic mass is 9.97. The van der Waals surface area contributed by atoms with Crippen LogP contribution in [-0.4, -0.2) is 42.0 Å². The minimum absolute atomic E-state index is 0.172. The zero-order valence-corrected chi connectivity index (χ0v) is 11.4. The first-order chi connectivity index (χ1) is 9.20. The molecule has 2 aliphatic rings. The molecule has 1 atom stereocenters. The van der Waals surface area contributed by atoms with Crippen molar-refractivity contribution in [1.82, 2.24) is 0 Å². The molecule has 1 amide bonds. The van der Waals surface area contributed by atoms with E-state index in [-0.39, 0.29) is 17.8 Å². The second-order valence-electron chi connectivity index (χ2n) is 4.00. The highest BCUT2D eigenvalue weighted by atomic mass is 32.2. The molecule has 1 heterocycles. The van der Waals surface area contributed by atoms with Crippen LogP contribution < -0.4 is 0 Å². The van der Waals surface area contributed by atoms with E-state index in [9.17, 15) is 9.59 Å². The first-order valence-corrected chi connectivity index (χ1v) is 7.05. The van der Waals surface area contributed by atoms with Gasteiger partial charge in [-0.2, -0.15) is 16.8 Å². The van der Waals surface area contributed by atoms with Gasteiger partial charge in [-0.05, 0) is 6.08 Å². The fourth-order valence-corrected chi connectivity index (χ4v) is 2.47.